The molecule has 3 rings (SSSR count). The quantitative estimate of drug-likeness (QED) is 0.344. The van der Waals surface area contributed by atoms with Gasteiger partial charge in [-0.05, 0) is 55.8 Å². The van der Waals surface area contributed by atoms with Gasteiger partial charge in [0.15, 0.2) is 0 Å². The highest BCUT2D eigenvalue weighted by Crippen LogP contribution is 2.62. The maximum Gasteiger partial charge on any atom is 0.235 e. The van der Waals surface area contributed by atoms with Crippen molar-refractivity contribution in [3.8, 4) is 0 Å². The van der Waals surface area contributed by atoms with E-state index in [0.717, 1.165) is 44.9 Å². The van der Waals surface area contributed by atoms with Crippen LogP contribution in [0.3, 0.4) is 0 Å². The first-order chi connectivity index (χ1) is 16.6. The van der Waals surface area contributed by atoms with E-state index in [1.165, 1.54) is 0 Å². The summed E-state index contributed by atoms with van der Waals surface area (Å²) in [7, 11) is 0. The van der Waals surface area contributed by atoms with E-state index in [-0.39, 0.29) is 12.0 Å². The highest BCUT2D eigenvalue weighted by atomic mass is 16.1. The van der Waals surface area contributed by atoms with Crippen molar-refractivity contribution in [1.29, 1.82) is 0 Å². The van der Waals surface area contributed by atoms with Gasteiger partial charge in [-0.15, -0.1) is 0 Å². The lowest BCUT2D eigenvalue weighted by molar-refractivity contribution is -0.0511. The third-order valence-electron chi connectivity index (χ3n) is 8.80. The monoisotopic (exact) mass is 482 g/mol. The average Bonchev–Trinajstić information content (AvgIpc) is 2.78. The number of isocyanates is 4. The number of carbonyl (C=O) groups excluding carboxylic acids is 4. The smallest absolute Gasteiger partial charge is 0.211 e. The molecule has 0 aromatic rings. The minimum absolute atomic E-state index is 0.258. The van der Waals surface area contributed by atoms with Crippen LogP contribution in [0.2, 0.25) is 0 Å². The van der Waals surface area contributed by atoms with Gasteiger partial charge in [0.1, 0.15) is 0 Å². The minimum Gasteiger partial charge on any atom is -0.211 e. The van der Waals surface area contributed by atoms with Crippen LogP contribution in [0.1, 0.15) is 104 Å². The van der Waals surface area contributed by atoms with Crippen molar-refractivity contribution < 1.29 is 19.2 Å². The second kappa shape index (κ2) is 10.6. The molecule has 0 N–H and O–H groups in total. The summed E-state index contributed by atoms with van der Waals surface area (Å²) in [5.74, 6) is -0.466. The summed E-state index contributed by atoms with van der Waals surface area (Å²) < 4.78 is 0. The molecule has 8 nitrogen and oxygen atoms in total. The molecule has 2 unspecified atom stereocenters. The van der Waals surface area contributed by atoms with Gasteiger partial charge in [-0.2, -0.15) is 15.0 Å². The van der Waals surface area contributed by atoms with Gasteiger partial charge in [0.05, 0.1) is 23.2 Å². The lowest BCUT2D eigenvalue weighted by Crippen LogP contribution is -2.65. The second-order valence-corrected chi connectivity index (χ2v) is 12.4. The number of nitrogens with zero attached hydrogens (tertiary/aromatic N) is 4. The van der Waals surface area contributed by atoms with Crippen LogP contribution in [0, 0.1) is 16.7 Å². The van der Waals surface area contributed by atoms with Crippen LogP contribution in [0.25, 0.3) is 0 Å². The molecule has 2 atom stereocenters. The predicted molar refractivity (Wildman–Crippen MR) is 131 cm³/mol. The van der Waals surface area contributed by atoms with Gasteiger partial charge >= 0.3 is 0 Å². The number of rotatable bonds is 8. The molecule has 0 amide bonds. The molecule has 0 aliphatic heterocycles. The Morgan fingerprint density at radius 1 is 0.600 bits per heavy atom. The molecule has 35 heavy (non-hydrogen) atoms. The maximum absolute atomic E-state index is 12.1. The van der Waals surface area contributed by atoms with Gasteiger partial charge in [-0.1, -0.05) is 59.3 Å². The lowest BCUT2D eigenvalue weighted by atomic mass is 9.47. The fourth-order valence-corrected chi connectivity index (χ4v) is 8.62. The molecule has 8 heteroatoms. The fraction of sp³-hybridized carbons (Fsp3) is 0.852. The first-order valence-corrected chi connectivity index (χ1v) is 13.0. The van der Waals surface area contributed by atoms with Crippen molar-refractivity contribution in [2.45, 2.75) is 121 Å². The van der Waals surface area contributed by atoms with Crippen LogP contribution in [-0.2, 0) is 19.2 Å². The summed E-state index contributed by atoms with van der Waals surface area (Å²) in [5.41, 5.74) is -3.35. The van der Waals surface area contributed by atoms with Crippen LogP contribution >= 0.6 is 0 Å². The van der Waals surface area contributed by atoms with Crippen LogP contribution in [0.5, 0.6) is 0 Å². The summed E-state index contributed by atoms with van der Waals surface area (Å²) in [6.07, 6.45) is 17.3. The van der Waals surface area contributed by atoms with Crippen LogP contribution in [-0.4, -0.2) is 47.5 Å². The topological polar surface area (TPSA) is 118 Å². The molecule has 0 aromatic heterocycles. The molecular weight excluding hydrogens is 444 g/mol. The number of aliphatic imine (C=N–C) groups is 4. The van der Waals surface area contributed by atoms with E-state index in [1.54, 1.807) is 6.08 Å². The first-order valence-electron chi connectivity index (χ1n) is 13.0. The molecule has 0 saturated heterocycles. The van der Waals surface area contributed by atoms with Gasteiger partial charge in [0.2, 0.25) is 24.3 Å². The van der Waals surface area contributed by atoms with E-state index in [4.69, 9.17) is 0 Å². The summed E-state index contributed by atoms with van der Waals surface area (Å²) in [5, 5.41) is 0. The van der Waals surface area contributed by atoms with Crippen LogP contribution in [0.4, 0.5) is 0 Å². The molecule has 3 fully saturated rings. The van der Waals surface area contributed by atoms with Crippen molar-refractivity contribution in [3.05, 3.63) is 0 Å². The Kier molecular flexibility index (Phi) is 8.25. The third kappa shape index (κ3) is 5.52. The van der Waals surface area contributed by atoms with E-state index in [0.29, 0.717) is 38.5 Å². The summed E-state index contributed by atoms with van der Waals surface area (Å²) >= 11 is 0. The predicted octanol–water partition coefficient (Wildman–Crippen LogP) is 5.31. The van der Waals surface area contributed by atoms with E-state index >= 15 is 0 Å². The molecule has 3 aliphatic carbocycles. The van der Waals surface area contributed by atoms with Crippen molar-refractivity contribution in [1.82, 2.24) is 0 Å². The Balaban J connectivity index is 2.35. The highest BCUT2D eigenvalue weighted by molar-refractivity contribution is 5.42. The number of hydrogen-bond acceptors (Lipinski definition) is 8. The molecule has 0 radical (unpaired) electrons. The standard InChI is InChI=1S/C27H38N4O4/c1-23(2)14-24(3,17-28-18-32)16-27(15-23,31-21-35)22(25(29-19-33)10-6-4-7-11-25)26(30-20-34)12-8-5-9-13-26/h22H,4-17H2,1-3H3. The van der Waals surface area contributed by atoms with E-state index < -0.39 is 27.9 Å². The first kappa shape index (κ1) is 27.1. The number of hydrogen-bond donors (Lipinski definition) is 0. The SMILES string of the molecule is CC1(C)CC(C)(CN=C=O)CC(N=C=O)(C(C2(N=C=O)CCCCC2)C2(N=C=O)CCCCC2)C1. The van der Waals surface area contributed by atoms with Gasteiger partial charge < -0.3 is 0 Å². The van der Waals surface area contributed by atoms with Crippen molar-refractivity contribution in [3.63, 3.8) is 0 Å². The molecule has 3 aliphatic rings. The normalized spacial score (nSPS) is 31.9. The van der Waals surface area contributed by atoms with Gasteiger partial charge in [-0.25, -0.2) is 24.2 Å². The molecule has 0 aromatic carbocycles. The van der Waals surface area contributed by atoms with E-state index in [2.05, 4.69) is 40.7 Å². The van der Waals surface area contributed by atoms with Crippen molar-refractivity contribution >= 4 is 24.3 Å². The van der Waals surface area contributed by atoms with Crippen molar-refractivity contribution in [2.75, 3.05) is 6.54 Å². The summed E-state index contributed by atoms with van der Waals surface area (Å²) in [4.78, 5) is 64.5. The zero-order chi connectivity index (χ0) is 25.6. The zero-order valence-electron chi connectivity index (χ0n) is 21.4. The van der Waals surface area contributed by atoms with E-state index in [1.807, 2.05) is 18.2 Å². The van der Waals surface area contributed by atoms with Gasteiger partial charge in [0, 0.05) is 5.92 Å². The largest absolute Gasteiger partial charge is 0.235 e. The summed E-state index contributed by atoms with van der Waals surface area (Å²) in [6, 6.07) is 0. The Bertz CT molecular complexity index is 931. The van der Waals surface area contributed by atoms with Gasteiger partial charge in [-0.3, -0.25) is 0 Å². The minimum atomic E-state index is -0.980. The zero-order valence-corrected chi connectivity index (χ0v) is 21.4. The molecular formula is C27H38N4O4. The Hall–Kier alpha value is -2.48. The van der Waals surface area contributed by atoms with Crippen LogP contribution < -0.4 is 0 Å². The van der Waals surface area contributed by atoms with Crippen molar-refractivity contribution in [2.24, 2.45) is 36.7 Å². The highest BCUT2D eigenvalue weighted by Gasteiger charge is 2.65. The van der Waals surface area contributed by atoms with Gasteiger partial charge in [0.25, 0.3) is 0 Å². The van der Waals surface area contributed by atoms with Crippen LogP contribution in [0.15, 0.2) is 20.0 Å². The van der Waals surface area contributed by atoms with E-state index in [9.17, 15) is 19.2 Å². The molecule has 0 bridgehead atoms. The Labute approximate surface area is 207 Å². The maximum atomic E-state index is 12.1. The Morgan fingerprint density at radius 3 is 1.49 bits per heavy atom. The average molecular weight is 483 g/mol. The Morgan fingerprint density at radius 2 is 1.06 bits per heavy atom. The third-order valence-corrected chi connectivity index (χ3v) is 8.80. The molecule has 3 saturated carbocycles. The molecule has 0 heterocycles. The lowest BCUT2D eigenvalue weighted by Gasteiger charge is -2.60. The fourth-order valence-electron chi connectivity index (χ4n) is 8.62. The summed E-state index contributed by atoms with van der Waals surface area (Å²) in [6.45, 7) is 6.59. The molecule has 0 spiro atoms. The molecule has 190 valence electrons. The second-order valence-electron chi connectivity index (χ2n) is 12.4.